The van der Waals surface area contributed by atoms with E-state index >= 15 is 0 Å². The van der Waals surface area contributed by atoms with Crippen LogP contribution in [0.4, 0.5) is 0 Å². The Morgan fingerprint density at radius 3 is 1.65 bits per heavy atom. The van der Waals surface area contributed by atoms with Crippen molar-refractivity contribution in [2.45, 2.75) is 61.4 Å². The van der Waals surface area contributed by atoms with Crippen LogP contribution in [0.25, 0.3) is 0 Å². The molecule has 2 fully saturated rings. The van der Waals surface area contributed by atoms with Crippen LogP contribution in [0, 0.1) is 0 Å². The molecule has 14 nitrogen and oxygen atoms in total. The van der Waals surface area contributed by atoms with E-state index in [0.29, 0.717) is 0 Å². The van der Waals surface area contributed by atoms with Crippen molar-refractivity contribution in [2.75, 3.05) is 13.2 Å². The molecule has 1 unspecified atom stereocenters. The van der Waals surface area contributed by atoms with Gasteiger partial charge in [0.2, 0.25) is 0 Å². The van der Waals surface area contributed by atoms with Gasteiger partial charge in [-0.15, -0.1) is 0 Å². The van der Waals surface area contributed by atoms with E-state index in [2.05, 4.69) is 0 Å². The van der Waals surface area contributed by atoms with Crippen molar-refractivity contribution in [2.24, 2.45) is 0 Å². The van der Waals surface area contributed by atoms with Crippen LogP contribution in [0.1, 0.15) is 0 Å². The molecule has 0 spiro atoms. The summed E-state index contributed by atoms with van der Waals surface area (Å²) in [5.41, 5.74) is 0. The van der Waals surface area contributed by atoms with Crippen LogP contribution >= 0.6 is 0 Å². The van der Waals surface area contributed by atoms with Crippen LogP contribution < -0.4 is 0 Å². The van der Waals surface area contributed by atoms with Gasteiger partial charge in [-0.3, -0.25) is 0 Å². The van der Waals surface area contributed by atoms with Crippen molar-refractivity contribution in [3.8, 4) is 0 Å². The van der Waals surface area contributed by atoms with E-state index in [1.165, 1.54) is 0 Å². The monoisotopic (exact) mass is 396 g/mol. The summed E-state index contributed by atoms with van der Waals surface area (Å²) >= 11 is 0. The average Bonchev–Trinajstić information content (AvgIpc) is 2.55. The molecule has 160 valence electrons. The molecule has 0 bridgehead atoms. The van der Waals surface area contributed by atoms with Crippen LogP contribution in [0.15, 0.2) is 0 Å². The zero-order valence-electron chi connectivity index (χ0n) is 13.5. The maximum Gasteiger partial charge on any atom is 0.187 e. The van der Waals surface area contributed by atoms with Gasteiger partial charge in [0, 0.05) is 0 Å². The zero-order valence-corrected chi connectivity index (χ0v) is 13.5. The number of rotatable bonds is 4. The molecule has 2 aliphatic heterocycles. The first-order valence-electron chi connectivity index (χ1n) is 7.08. The lowest BCUT2D eigenvalue weighted by Crippen LogP contribution is -2.64. The van der Waals surface area contributed by atoms with Crippen LogP contribution in [0.5, 0.6) is 0 Å². The largest absolute Gasteiger partial charge is 0.412 e. The highest BCUT2D eigenvalue weighted by atomic mass is 16.7. The van der Waals surface area contributed by atoms with E-state index in [1.54, 1.807) is 0 Å². The van der Waals surface area contributed by atoms with Gasteiger partial charge in [-0.2, -0.15) is 0 Å². The first-order chi connectivity index (χ1) is 10.8. The summed E-state index contributed by atoms with van der Waals surface area (Å²) in [7, 11) is 0. The topological polar surface area (TPSA) is 284 Å². The molecule has 0 aromatic carbocycles. The zero-order chi connectivity index (χ0) is 17.3. The molecule has 2 rings (SSSR count). The second-order valence-electron chi connectivity index (χ2n) is 5.53. The van der Waals surface area contributed by atoms with Gasteiger partial charge in [0.05, 0.1) is 13.2 Å². The molecule has 10 atom stereocenters. The fourth-order valence-electron chi connectivity index (χ4n) is 2.57. The van der Waals surface area contributed by atoms with Crippen LogP contribution in [-0.4, -0.2) is 132 Å². The van der Waals surface area contributed by atoms with Gasteiger partial charge in [0.25, 0.3) is 0 Å². The normalized spacial score (nSPS) is 45.7. The minimum atomic E-state index is -1.74. The summed E-state index contributed by atoms with van der Waals surface area (Å²) in [6.45, 7) is -1.35. The maximum absolute atomic E-state index is 9.94. The first kappa shape index (κ1) is 27.7. The third-order valence-electron chi connectivity index (χ3n) is 3.98. The van der Waals surface area contributed by atoms with Crippen LogP contribution in [0.3, 0.4) is 0 Å². The summed E-state index contributed by atoms with van der Waals surface area (Å²) < 4.78 is 15.3. The summed E-state index contributed by atoms with van der Waals surface area (Å²) in [4.78, 5) is 0. The van der Waals surface area contributed by atoms with Gasteiger partial charge < -0.3 is 71.5 Å². The molecule has 0 aromatic rings. The first-order valence-corrected chi connectivity index (χ1v) is 7.08. The lowest BCUT2D eigenvalue weighted by Gasteiger charge is -2.45. The van der Waals surface area contributed by atoms with E-state index in [1.807, 2.05) is 0 Å². The molecule has 26 heavy (non-hydrogen) atoms. The summed E-state index contributed by atoms with van der Waals surface area (Å²) in [5.74, 6) is 0. The quantitative estimate of drug-likeness (QED) is 0.221. The highest BCUT2D eigenvalue weighted by molar-refractivity contribution is 4.93. The highest BCUT2D eigenvalue weighted by Crippen LogP contribution is 2.28. The molecule has 0 amide bonds. The molecular weight excluding hydrogens is 368 g/mol. The lowest BCUT2D eigenvalue weighted by molar-refractivity contribution is -0.355. The maximum atomic E-state index is 9.94. The Bertz CT molecular complexity index is 381. The molecule has 0 radical (unpaired) electrons. The van der Waals surface area contributed by atoms with Gasteiger partial charge in [0.15, 0.2) is 12.6 Å². The summed E-state index contributed by atoms with van der Waals surface area (Å²) in [6, 6.07) is 0. The molecule has 2 heterocycles. The summed E-state index contributed by atoms with van der Waals surface area (Å²) in [5, 5.41) is 76.5. The van der Waals surface area contributed by atoms with Gasteiger partial charge >= 0.3 is 0 Å². The SMILES string of the molecule is O.O.O.OC[C@H]1O[C@@H](O[C@H]2[C@H](O)[C@@H](O)C(O)O[C@@H]2CO)[C@H](O)[C@@H](O)[C@H]1O. The second-order valence-corrected chi connectivity index (χ2v) is 5.53. The van der Waals surface area contributed by atoms with E-state index in [0.717, 1.165) is 0 Å². The van der Waals surface area contributed by atoms with Crippen LogP contribution in [-0.2, 0) is 14.2 Å². The van der Waals surface area contributed by atoms with Gasteiger partial charge in [0.1, 0.15) is 48.8 Å². The Morgan fingerprint density at radius 2 is 1.15 bits per heavy atom. The predicted molar refractivity (Wildman–Crippen MR) is 79.5 cm³/mol. The van der Waals surface area contributed by atoms with Crippen molar-refractivity contribution < 1.29 is 71.5 Å². The molecule has 14 heteroatoms. The number of hydrogen-bond donors (Lipinski definition) is 8. The fourth-order valence-corrected chi connectivity index (χ4v) is 2.57. The number of aliphatic hydroxyl groups is 8. The highest BCUT2D eigenvalue weighted by Gasteiger charge is 2.50. The molecule has 0 aliphatic carbocycles. The predicted octanol–water partition coefficient (Wildman–Crippen LogP) is -7.87. The van der Waals surface area contributed by atoms with Crippen molar-refractivity contribution in [1.29, 1.82) is 0 Å². The van der Waals surface area contributed by atoms with Gasteiger partial charge in [-0.1, -0.05) is 0 Å². The van der Waals surface area contributed by atoms with Crippen LogP contribution in [0.2, 0.25) is 0 Å². The average molecular weight is 396 g/mol. The lowest BCUT2D eigenvalue weighted by atomic mass is 9.97. The second kappa shape index (κ2) is 11.3. The molecule has 0 aromatic heterocycles. The Labute approximate surface area is 147 Å². The van der Waals surface area contributed by atoms with E-state index in [4.69, 9.17) is 19.3 Å². The van der Waals surface area contributed by atoms with E-state index in [-0.39, 0.29) is 16.4 Å². The summed E-state index contributed by atoms with van der Waals surface area (Å²) in [6.07, 6.45) is -15.6. The minimum absolute atomic E-state index is 0. The van der Waals surface area contributed by atoms with Crippen molar-refractivity contribution in [3.63, 3.8) is 0 Å². The van der Waals surface area contributed by atoms with Gasteiger partial charge in [-0.25, -0.2) is 0 Å². The minimum Gasteiger partial charge on any atom is -0.412 e. The van der Waals surface area contributed by atoms with Crippen molar-refractivity contribution >= 4 is 0 Å². The van der Waals surface area contributed by atoms with E-state index < -0.39 is 74.6 Å². The van der Waals surface area contributed by atoms with Crippen molar-refractivity contribution in [3.05, 3.63) is 0 Å². The Kier molecular flexibility index (Phi) is 12.0. The smallest absolute Gasteiger partial charge is 0.187 e. The number of ether oxygens (including phenoxy) is 3. The molecular formula is C12H28O14. The number of aliphatic hydroxyl groups excluding tert-OH is 8. The van der Waals surface area contributed by atoms with E-state index in [9.17, 15) is 35.7 Å². The Hall–Kier alpha value is -0.560. The van der Waals surface area contributed by atoms with Crippen molar-refractivity contribution in [1.82, 2.24) is 0 Å². The third-order valence-corrected chi connectivity index (χ3v) is 3.98. The molecule has 0 saturated carbocycles. The molecule has 2 saturated heterocycles. The third kappa shape index (κ3) is 5.24. The Balaban J connectivity index is 0. The standard InChI is InChI=1S/C12H22O11.3H2O/c13-1-3-5(15)6(16)9(19)12(22-3)23-10-4(2-14)21-11(20)8(18)7(10)17;;;/h3-20H,1-2H2;3*1H2/t3-,4-,5+,6+,7-,8-,9-,10-,11?,12+;;;/m1.../s1. The molecule has 14 N–H and O–H groups in total. The number of hydrogen-bond acceptors (Lipinski definition) is 11. The fraction of sp³-hybridized carbons (Fsp3) is 1.00. The molecule has 2 aliphatic rings. The van der Waals surface area contributed by atoms with Gasteiger partial charge in [-0.05, 0) is 0 Å². The Morgan fingerprint density at radius 1 is 0.615 bits per heavy atom.